The van der Waals surface area contributed by atoms with Gasteiger partial charge < -0.3 is 4.74 Å². The maximum Gasteiger partial charge on any atom is 0.241 e. The molecular weight excluding hydrogens is 407 g/mol. The van der Waals surface area contributed by atoms with Gasteiger partial charge in [-0.05, 0) is 30.7 Å². The first kappa shape index (κ1) is 22.1. The molecule has 2 aromatic carbocycles. The number of nitrogens with zero attached hydrogens (tertiary/aromatic N) is 1. The molecule has 1 N–H and O–H groups in total. The fraction of sp³-hybridized carbons (Fsp3) is 0.368. The Morgan fingerprint density at radius 1 is 1.15 bits per heavy atom. The van der Waals surface area contributed by atoms with E-state index < -0.39 is 10.0 Å². The molecule has 0 amide bonds. The van der Waals surface area contributed by atoms with Crippen LogP contribution in [0.1, 0.15) is 17.2 Å². The predicted molar refractivity (Wildman–Crippen MR) is 110 cm³/mol. The second-order valence-electron chi connectivity index (χ2n) is 6.45. The molecule has 1 heterocycles. The first-order valence-corrected chi connectivity index (χ1v) is 10.4. The summed E-state index contributed by atoms with van der Waals surface area (Å²) in [7, 11) is -3.68. The Morgan fingerprint density at radius 3 is 2.44 bits per heavy atom. The number of benzene rings is 2. The Bertz CT molecular complexity index is 838. The molecule has 1 unspecified atom stereocenters. The fourth-order valence-corrected chi connectivity index (χ4v) is 4.46. The van der Waals surface area contributed by atoms with Crippen molar-refractivity contribution in [2.24, 2.45) is 0 Å². The highest BCUT2D eigenvalue weighted by Crippen LogP contribution is 2.21. The molecule has 3 rings (SSSR count). The zero-order valence-corrected chi connectivity index (χ0v) is 17.5. The van der Waals surface area contributed by atoms with Crippen LogP contribution >= 0.6 is 24.0 Å². The number of hydrogen-bond donors (Lipinski definition) is 1. The van der Waals surface area contributed by atoms with Gasteiger partial charge in [-0.25, -0.2) is 13.1 Å². The molecule has 148 valence electrons. The summed E-state index contributed by atoms with van der Waals surface area (Å²) in [6.45, 7) is 5.52. The zero-order valence-electron chi connectivity index (χ0n) is 15.1. The first-order chi connectivity index (χ1) is 12.4. The number of hydrogen-bond acceptors (Lipinski definition) is 4. The van der Waals surface area contributed by atoms with Crippen LogP contribution in [0.2, 0.25) is 5.02 Å². The van der Waals surface area contributed by atoms with Crippen molar-refractivity contribution in [3.05, 3.63) is 64.7 Å². The van der Waals surface area contributed by atoms with Gasteiger partial charge in [0, 0.05) is 24.7 Å². The van der Waals surface area contributed by atoms with Gasteiger partial charge in [-0.15, -0.1) is 12.4 Å². The summed E-state index contributed by atoms with van der Waals surface area (Å²) in [6, 6.07) is 13.9. The molecule has 0 aliphatic carbocycles. The minimum Gasteiger partial charge on any atom is -0.379 e. The van der Waals surface area contributed by atoms with Gasteiger partial charge in [-0.3, -0.25) is 4.90 Å². The maximum atomic E-state index is 12.9. The van der Waals surface area contributed by atoms with Crippen molar-refractivity contribution in [2.45, 2.75) is 17.9 Å². The highest BCUT2D eigenvalue weighted by Gasteiger charge is 2.24. The number of morpholine rings is 1. The van der Waals surface area contributed by atoms with Crippen molar-refractivity contribution in [3.8, 4) is 0 Å². The van der Waals surface area contributed by atoms with Crippen LogP contribution in [0.4, 0.5) is 0 Å². The molecule has 1 saturated heterocycles. The molecule has 1 fully saturated rings. The largest absolute Gasteiger partial charge is 0.379 e. The average molecular weight is 431 g/mol. The quantitative estimate of drug-likeness (QED) is 0.762. The third kappa shape index (κ3) is 6.17. The van der Waals surface area contributed by atoms with E-state index in [4.69, 9.17) is 16.3 Å². The summed E-state index contributed by atoms with van der Waals surface area (Å²) < 4.78 is 34.0. The van der Waals surface area contributed by atoms with Crippen LogP contribution < -0.4 is 4.72 Å². The molecule has 0 aromatic heterocycles. The average Bonchev–Trinajstić information content (AvgIpc) is 2.62. The monoisotopic (exact) mass is 430 g/mol. The lowest BCUT2D eigenvalue weighted by molar-refractivity contribution is 0.0345. The number of rotatable bonds is 6. The van der Waals surface area contributed by atoms with Crippen LogP contribution in [0, 0.1) is 6.92 Å². The van der Waals surface area contributed by atoms with E-state index >= 15 is 0 Å². The molecule has 1 aliphatic rings. The number of ether oxygens (including phenoxy) is 1. The van der Waals surface area contributed by atoms with Gasteiger partial charge in [0.1, 0.15) is 0 Å². The molecule has 27 heavy (non-hydrogen) atoms. The summed E-state index contributed by atoms with van der Waals surface area (Å²) >= 11 is 5.96. The first-order valence-electron chi connectivity index (χ1n) is 8.58. The Labute approximate surface area is 172 Å². The second kappa shape index (κ2) is 9.87. The van der Waals surface area contributed by atoms with Gasteiger partial charge in [-0.2, -0.15) is 0 Å². The molecule has 0 spiro atoms. The van der Waals surface area contributed by atoms with Crippen molar-refractivity contribution in [1.29, 1.82) is 0 Å². The predicted octanol–water partition coefficient (Wildman–Crippen LogP) is 3.42. The number of nitrogens with one attached hydrogen (secondary N) is 1. The van der Waals surface area contributed by atoms with E-state index in [9.17, 15) is 8.42 Å². The van der Waals surface area contributed by atoms with E-state index in [-0.39, 0.29) is 23.3 Å². The van der Waals surface area contributed by atoms with Crippen LogP contribution in [0.15, 0.2) is 53.4 Å². The molecule has 1 aliphatic heterocycles. The van der Waals surface area contributed by atoms with Gasteiger partial charge in [0.25, 0.3) is 0 Å². The number of aryl methyl sites for hydroxylation is 1. The Balaban J connectivity index is 0.00000261. The van der Waals surface area contributed by atoms with Gasteiger partial charge >= 0.3 is 0 Å². The molecule has 2 aromatic rings. The smallest absolute Gasteiger partial charge is 0.241 e. The molecule has 5 nitrogen and oxygen atoms in total. The summed E-state index contributed by atoms with van der Waals surface area (Å²) in [5, 5.41) is 0.396. The van der Waals surface area contributed by atoms with E-state index in [0.29, 0.717) is 24.8 Å². The lowest BCUT2D eigenvalue weighted by Crippen LogP contribution is -2.43. The molecule has 0 saturated carbocycles. The van der Waals surface area contributed by atoms with Crippen molar-refractivity contribution in [2.75, 3.05) is 32.8 Å². The van der Waals surface area contributed by atoms with E-state index in [2.05, 4.69) is 9.62 Å². The number of halogens is 2. The standard InChI is InChI=1S/C19H23ClN2O3S.ClH/c1-15-5-7-16(8-6-15)19(14-22-9-11-25-12-10-22)21-26(23,24)18-4-2-3-17(20)13-18;/h2-8,13,19,21H,9-12,14H2,1H3;1H. The van der Waals surface area contributed by atoms with Crippen LogP contribution in [-0.2, 0) is 14.8 Å². The SMILES string of the molecule is Cc1ccc(C(CN2CCOCC2)NS(=O)(=O)c2cccc(Cl)c2)cc1.Cl. The molecule has 0 bridgehead atoms. The van der Waals surface area contributed by atoms with Crippen molar-refractivity contribution in [1.82, 2.24) is 9.62 Å². The van der Waals surface area contributed by atoms with Crippen molar-refractivity contribution >= 4 is 34.0 Å². The Morgan fingerprint density at radius 2 is 1.81 bits per heavy atom. The minimum absolute atomic E-state index is 0. The van der Waals surface area contributed by atoms with Crippen LogP contribution in [0.25, 0.3) is 0 Å². The Kier molecular flexibility index (Phi) is 8.09. The molecule has 0 radical (unpaired) electrons. The van der Waals surface area contributed by atoms with Gasteiger partial charge in [-0.1, -0.05) is 47.5 Å². The fourth-order valence-electron chi connectivity index (χ4n) is 2.94. The summed E-state index contributed by atoms with van der Waals surface area (Å²) in [5.41, 5.74) is 2.07. The van der Waals surface area contributed by atoms with Crippen LogP contribution in [0.3, 0.4) is 0 Å². The highest BCUT2D eigenvalue weighted by molar-refractivity contribution is 7.89. The second-order valence-corrected chi connectivity index (χ2v) is 8.61. The molecule has 8 heteroatoms. The lowest BCUT2D eigenvalue weighted by atomic mass is 10.1. The third-order valence-corrected chi connectivity index (χ3v) is 6.13. The normalized spacial score (nSPS) is 16.5. The van der Waals surface area contributed by atoms with Crippen molar-refractivity contribution < 1.29 is 13.2 Å². The van der Waals surface area contributed by atoms with E-state index in [1.54, 1.807) is 18.2 Å². The maximum absolute atomic E-state index is 12.9. The topological polar surface area (TPSA) is 58.6 Å². The number of sulfonamides is 1. The van der Waals surface area contributed by atoms with Crippen LogP contribution in [0.5, 0.6) is 0 Å². The molecule has 1 atom stereocenters. The summed E-state index contributed by atoms with van der Waals surface area (Å²) in [6.07, 6.45) is 0. The summed E-state index contributed by atoms with van der Waals surface area (Å²) in [4.78, 5) is 2.39. The van der Waals surface area contributed by atoms with E-state index in [1.807, 2.05) is 31.2 Å². The highest BCUT2D eigenvalue weighted by atomic mass is 35.5. The molecular formula is C19H24Cl2N2O3S. The van der Waals surface area contributed by atoms with Crippen LogP contribution in [-0.4, -0.2) is 46.2 Å². The van der Waals surface area contributed by atoms with Gasteiger partial charge in [0.2, 0.25) is 10.0 Å². The van der Waals surface area contributed by atoms with E-state index in [1.165, 1.54) is 6.07 Å². The lowest BCUT2D eigenvalue weighted by Gasteiger charge is -2.31. The zero-order chi connectivity index (χ0) is 18.6. The van der Waals surface area contributed by atoms with E-state index in [0.717, 1.165) is 24.2 Å². The third-order valence-electron chi connectivity index (χ3n) is 4.43. The summed E-state index contributed by atoms with van der Waals surface area (Å²) in [5.74, 6) is 0. The Hall–Kier alpha value is -1.15. The van der Waals surface area contributed by atoms with Gasteiger partial charge in [0.15, 0.2) is 0 Å². The van der Waals surface area contributed by atoms with Gasteiger partial charge in [0.05, 0.1) is 24.2 Å². The van der Waals surface area contributed by atoms with Crippen molar-refractivity contribution in [3.63, 3.8) is 0 Å². The minimum atomic E-state index is -3.68.